The highest BCUT2D eigenvalue weighted by Crippen LogP contribution is 2.30. The molecule has 10 rings (SSSR count). The highest BCUT2D eigenvalue weighted by atomic mass is 35.5. The molecule has 0 atom stereocenters. The van der Waals surface area contributed by atoms with Crippen LogP contribution in [0.1, 0.15) is 64.3 Å². The summed E-state index contributed by atoms with van der Waals surface area (Å²) in [5.74, 6) is -0.673. The molecule has 0 amide bonds. The van der Waals surface area contributed by atoms with E-state index in [1.807, 2.05) is 161 Å². The molecule has 1 saturated heterocycles. The predicted molar refractivity (Wildman–Crippen MR) is 347 cm³/mol. The number of aryl methyl sites for hydroxylation is 7. The fraction of sp³-hybridized carbons (Fsp3) is 0.354. The van der Waals surface area contributed by atoms with Gasteiger partial charge >= 0.3 is 17.9 Å². The number of halogens is 1. The number of imidazole rings is 7. The summed E-state index contributed by atoms with van der Waals surface area (Å²) in [4.78, 5) is 97.7. The van der Waals surface area contributed by atoms with Crippen molar-refractivity contribution in [1.82, 2.24) is 72.2 Å². The van der Waals surface area contributed by atoms with Crippen molar-refractivity contribution in [1.29, 1.82) is 0 Å². The number of esters is 3. The summed E-state index contributed by atoms with van der Waals surface area (Å²) in [5.41, 5.74) is 11.9. The second kappa shape index (κ2) is 34.1. The number of rotatable bonds is 21. The van der Waals surface area contributed by atoms with E-state index >= 15 is 0 Å². The molecule has 0 spiro atoms. The summed E-state index contributed by atoms with van der Waals surface area (Å²) in [6.45, 7) is 1.56. The maximum absolute atomic E-state index is 12.9. The normalized spacial score (nSPS) is 13.0. The number of hydrogen-bond acceptors (Lipinski definition) is 19. The monoisotopic (exact) mass is 1280 g/mol. The van der Waals surface area contributed by atoms with E-state index < -0.39 is 28.6 Å². The summed E-state index contributed by atoms with van der Waals surface area (Å²) < 4.78 is 27.5. The van der Waals surface area contributed by atoms with Gasteiger partial charge in [-0.25, -0.2) is 39.7 Å². The lowest BCUT2D eigenvalue weighted by molar-refractivity contribution is -0.147. The fourth-order valence-corrected chi connectivity index (χ4v) is 9.84. The number of methoxy groups -OCH3 is 3. The molecule has 1 aliphatic rings. The molecule has 26 nitrogen and oxygen atoms in total. The van der Waals surface area contributed by atoms with E-state index in [1.165, 1.54) is 34.3 Å². The van der Waals surface area contributed by atoms with Crippen LogP contribution < -0.4 is 11.1 Å². The Balaban J connectivity index is 0.000000191. The van der Waals surface area contributed by atoms with Gasteiger partial charge in [0.1, 0.15) is 17.6 Å². The molecule has 3 N–H and O–H groups in total. The molecular formula is C65H81ClN18O8. The van der Waals surface area contributed by atoms with Gasteiger partial charge in [-0.15, -0.1) is 11.6 Å². The summed E-state index contributed by atoms with van der Waals surface area (Å²) in [6, 6.07) is 19.3. The smallest absolute Gasteiger partial charge is 0.334 e. The zero-order valence-electron chi connectivity index (χ0n) is 53.8. The van der Waals surface area contributed by atoms with E-state index in [0.29, 0.717) is 50.1 Å². The quantitative estimate of drug-likeness (QED) is 0.0317. The van der Waals surface area contributed by atoms with Gasteiger partial charge in [0.25, 0.3) is 0 Å². The summed E-state index contributed by atoms with van der Waals surface area (Å²) >= 11 is 5.46. The van der Waals surface area contributed by atoms with Crippen molar-refractivity contribution in [3.63, 3.8) is 0 Å². The number of hydrogen-bond donors (Lipinski definition) is 2. The van der Waals surface area contributed by atoms with Crippen LogP contribution in [0.5, 0.6) is 0 Å². The first-order valence-electron chi connectivity index (χ1n) is 29.0. The first-order chi connectivity index (χ1) is 44.0. The first-order valence-corrected chi connectivity index (χ1v) is 29.5. The number of benzene rings is 2. The van der Waals surface area contributed by atoms with Crippen LogP contribution >= 0.6 is 11.6 Å². The van der Waals surface area contributed by atoms with Crippen molar-refractivity contribution in [2.45, 2.75) is 74.4 Å². The number of Topliss-reactive ketones (excluding diaryl/α,β-unsaturated/α-hetero) is 1. The fourth-order valence-electron chi connectivity index (χ4n) is 9.70. The maximum Gasteiger partial charge on any atom is 0.334 e. The van der Waals surface area contributed by atoms with Crippen LogP contribution in [0.3, 0.4) is 0 Å². The van der Waals surface area contributed by atoms with Crippen molar-refractivity contribution < 1.29 is 38.2 Å². The lowest BCUT2D eigenvalue weighted by Crippen LogP contribution is -2.53. The summed E-state index contributed by atoms with van der Waals surface area (Å²) in [6.07, 6.45) is 32.0. The predicted octanol–water partition coefficient (Wildman–Crippen LogP) is 4.93. The van der Waals surface area contributed by atoms with Crippen LogP contribution in [0.25, 0.3) is 0 Å². The van der Waals surface area contributed by atoms with Crippen LogP contribution in [0, 0.1) is 0 Å². The number of alkyl halides is 1. The molecule has 1 fully saturated rings. The minimum atomic E-state index is -1.14. The number of nitrogens with two attached hydrogens (primary N) is 1. The number of nitrogens with one attached hydrogen (secondary N) is 1. The molecule has 0 unspecified atom stereocenters. The van der Waals surface area contributed by atoms with Gasteiger partial charge in [-0.1, -0.05) is 60.7 Å². The third-order valence-corrected chi connectivity index (χ3v) is 14.8. The van der Waals surface area contributed by atoms with Crippen molar-refractivity contribution in [2.24, 2.45) is 65.1 Å². The van der Waals surface area contributed by atoms with Gasteiger partial charge < -0.3 is 57.2 Å². The highest BCUT2D eigenvalue weighted by molar-refractivity contribution is 6.16. The van der Waals surface area contributed by atoms with E-state index in [-0.39, 0.29) is 30.5 Å². The molecule has 8 heterocycles. The van der Waals surface area contributed by atoms with Gasteiger partial charge in [0.2, 0.25) is 0 Å². The Kier molecular flexibility index (Phi) is 26.3. The third-order valence-electron chi connectivity index (χ3n) is 14.6. The number of carbonyl (C=O) groups excluding carboxylic acids is 5. The molecule has 27 heteroatoms. The molecule has 0 radical (unpaired) electrons. The van der Waals surface area contributed by atoms with Crippen LogP contribution in [0.4, 0.5) is 0 Å². The second-order valence-corrected chi connectivity index (χ2v) is 22.4. The molecule has 0 saturated carbocycles. The van der Waals surface area contributed by atoms with E-state index in [1.54, 1.807) is 81.5 Å². The van der Waals surface area contributed by atoms with Crippen molar-refractivity contribution in [3.8, 4) is 0 Å². The van der Waals surface area contributed by atoms with Gasteiger partial charge in [-0.05, 0) is 18.1 Å². The number of ketones is 2. The minimum Gasteiger partial charge on any atom is -0.468 e. The van der Waals surface area contributed by atoms with Gasteiger partial charge in [0, 0.05) is 185 Å². The zero-order valence-corrected chi connectivity index (χ0v) is 54.6. The summed E-state index contributed by atoms with van der Waals surface area (Å²) in [5, 5.41) is 3.29. The van der Waals surface area contributed by atoms with Crippen LogP contribution in [-0.4, -0.2) is 153 Å². The van der Waals surface area contributed by atoms with Gasteiger partial charge in [0.05, 0.1) is 88.6 Å². The highest BCUT2D eigenvalue weighted by Gasteiger charge is 2.45. The maximum atomic E-state index is 12.9. The molecule has 7 aromatic heterocycles. The van der Waals surface area contributed by atoms with E-state index in [0.717, 1.165) is 51.0 Å². The van der Waals surface area contributed by atoms with E-state index in [4.69, 9.17) is 31.8 Å². The minimum absolute atomic E-state index is 0.0614. The molecule has 486 valence electrons. The second-order valence-electron chi connectivity index (χ2n) is 22.2. The number of carbonyl (C=O) groups is 5. The summed E-state index contributed by atoms with van der Waals surface area (Å²) in [7, 11) is 17.3. The molecular weight excluding hydrogens is 1200 g/mol. The lowest BCUT2D eigenvalue weighted by atomic mass is 9.86. The SMILES string of the molecule is CC(=O)/C=C1/CC(=O)C(Cc2cn(C)cn2)(Cc2cn(C)cn2)N1.COC(=O)C(Cc1cncn1C)(Cc1cncn1C)N=Cc1ccccc1.COC(=O)C(N)(Cc1cncn1C)Cc1cncn1C.COC(=O)CN=Cc1ccccc1.Cn1cnc(CCl)c1. The molecule has 2 aromatic carbocycles. The van der Waals surface area contributed by atoms with Crippen molar-refractivity contribution in [3.05, 3.63) is 211 Å². The Morgan fingerprint density at radius 2 is 1.01 bits per heavy atom. The molecule has 9 aromatic rings. The number of ether oxygens (including phenoxy) is 3. The average Bonchev–Trinajstić information content (AvgIpc) is 1.60. The van der Waals surface area contributed by atoms with Gasteiger partial charge in [-0.2, -0.15) is 0 Å². The van der Waals surface area contributed by atoms with Crippen molar-refractivity contribution in [2.75, 3.05) is 27.9 Å². The number of aromatic nitrogens is 14. The zero-order chi connectivity index (χ0) is 66.8. The average molecular weight is 1280 g/mol. The molecule has 0 bridgehead atoms. The van der Waals surface area contributed by atoms with E-state index in [2.05, 4.69) is 49.9 Å². The Labute approximate surface area is 539 Å². The molecule has 1 aliphatic heterocycles. The number of allylic oxidation sites excluding steroid dienone is 2. The first kappa shape index (κ1) is 70.9. The standard InChI is InChI=1S/C20H23N5O2.C17H21N5O2.C13H19N5O2.C10H11NO2.C5H7ClN2/c1-24-14-21-12-17(24)9-20(19(26)27-3,10-18-13-22-15-25(18)2)23-11-16-7-5-4-6-8-16;1-12(23)4-13-5-16(24)17(20-13,6-14-8-21(2)10-18-14)7-15-9-22(3)11-19-15;1-17-8-15-6-10(17)4-13(14,12(19)20-3)5-11-7-16-9-18(11)2;1-13-10(12)8-11-7-9-5-3-2-4-6-9;1-8-3-5(2-6)7-4-8/h4-8,11-15H,9-10H2,1-3H3;4,8-11,20H,5-7H2,1-3H3;6-9H,4-5,14H2,1-3H3;2-7H,8H2,1H3;3-4H,2H2,1H3/b;13-4-;;;. The van der Waals surface area contributed by atoms with Crippen LogP contribution in [0.2, 0.25) is 0 Å². The van der Waals surface area contributed by atoms with Gasteiger partial charge in [-0.3, -0.25) is 29.2 Å². The molecule has 0 aliphatic carbocycles. The van der Waals surface area contributed by atoms with Gasteiger partial charge in [0.15, 0.2) is 17.1 Å². The van der Waals surface area contributed by atoms with Crippen LogP contribution in [-0.2, 0) is 132 Å². The van der Waals surface area contributed by atoms with Crippen LogP contribution in [0.15, 0.2) is 170 Å². The van der Waals surface area contributed by atoms with Crippen molar-refractivity contribution >= 4 is 53.5 Å². The Hall–Kier alpha value is -10.2. The Morgan fingerprint density at radius 1 is 0.598 bits per heavy atom. The Morgan fingerprint density at radius 3 is 1.36 bits per heavy atom. The third kappa shape index (κ3) is 20.9. The largest absolute Gasteiger partial charge is 0.468 e. The lowest BCUT2D eigenvalue weighted by Gasteiger charge is -2.27. The Bertz CT molecular complexity index is 3780. The number of nitrogens with zero attached hydrogens (tertiary/aromatic N) is 16. The molecule has 92 heavy (non-hydrogen) atoms. The van der Waals surface area contributed by atoms with E-state index in [9.17, 15) is 24.0 Å². The number of aliphatic imine (C=N–C) groups is 2. The topological polar surface area (TPSA) is 301 Å².